The smallest absolute Gasteiger partial charge is 0.132 e. The third kappa shape index (κ3) is 3.40. The molecule has 1 aliphatic rings. The van der Waals surface area contributed by atoms with Crippen LogP contribution in [-0.2, 0) is 0 Å². The molecule has 3 N–H and O–H groups in total. The minimum absolute atomic E-state index is 0.351. The van der Waals surface area contributed by atoms with Crippen LogP contribution in [0.1, 0.15) is 18.9 Å². The largest absolute Gasteiger partial charge is 0.383 e. The second-order valence-corrected chi connectivity index (χ2v) is 7.90. The number of aromatic nitrogens is 4. The van der Waals surface area contributed by atoms with Crippen LogP contribution in [0.25, 0.3) is 33.2 Å². The summed E-state index contributed by atoms with van der Waals surface area (Å²) in [5.41, 5.74) is 9.27. The Labute approximate surface area is 177 Å². The third-order valence-corrected chi connectivity index (χ3v) is 5.94. The number of pyridine rings is 2. The number of anilines is 1. The first-order chi connectivity index (χ1) is 14.6. The van der Waals surface area contributed by atoms with E-state index in [0.29, 0.717) is 38.9 Å². The Morgan fingerprint density at radius 3 is 2.70 bits per heavy atom. The number of hydrogen-bond donors (Lipinski definition) is 2. The molecule has 0 atom stereocenters. The van der Waals surface area contributed by atoms with Gasteiger partial charge in [-0.05, 0) is 50.2 Å². The van der Waals surface area contributed by atoms with Crippen molar-refractivity contribution in [2.75, 3.05) is 18.8 Å². The van der Waals surface area contributed by atoms with Crippen LogP contribution in [0.5, 0.6) is 0 Å². The quantitative estimate of drug-likeness (QED) is 0.509. The van der Waals surface area contributed by atoms with Crippen LogP contribution >= 0.6 is 11.6 Å². The summed E-state index contributed by atoms with van der Waals surface area (Å²) < 4.78 is 16.1. The van der Waals surface area contributed by atoms with Crippen molar-refractivity contribution in [1.82, 2.24) is 25.1 Å². The maximum Gasteiger partial charge on any atom is 0.132 e. The average molecular weight is 423 g/mol. The molecule has 0 aliphatic carbocycles. The highest BCUT2D eigenvalue weighted by atomic mass is 35.5. The first kappa shape index (κ1) is 19.0. The van der Waals surface area contributed by atoms with E-state index < -0.39 is 0 Å². The molecule has 0 bridgehead atoms. The van der Waals surface area contributed by atoms with E-state index in [2.05, 4.69) is 20.4 Å². The van der Waals surface area contributed by atoms with Crippen molar-refractivity contribution < 1.29 is 4.39 Å². The number of nitrogens with one attached hydrogen (secondary N) is 1. The summed E-state index contributed by atoms with van der Waals surface area (Å²) in [5.74, 6) is -0.0116. The fourth-order valence-corrected chi connectivity index (χ4v) is 4.13. The van der Waals surface area contributed by atoms with Crippen LogP contribution in [0.15, 0.2) is 49.1 Å². The zero-order valence-corrected chi connectivity index (χ0v) is 16.9. The SMILES string of the molecule is Nc1ncc(-c2cnn(C3CCNCC3)c2)cc1-c1cc2c(Cl)ccc(F)c2cn1. The number of halogens is 2. The van der Waals surface area contributed by atoms with Crippen molar-refractivity contribution in [3.8, 4) is 22.4 Å². The fourth-order valence-electron chi connectivity index (χ4n) is 3.91. The molecule has 3 aromatic heterocycles. The first-order valence-corrected chi connectivity index (χ1v) is 10.2. The van der Waals surface area contributed by atoms with Crippen molar-refractivity contribution in [2.24, 2.45) is 0 Å². The molecular formula is C22H20ClFN6. The number of nitrogens with zero attached hydrogens (tertiary/aromatic N) is 4. The van der Waals surface area contributed by atoms with Gasteiger partial charge in [-0.1, -0.05) is 11.6 Å². The maximum atomic E-state index is 14.1. The van der Waals surface area contributed by atoms with Gasteiger partial charge in [0.2, 0.25) is 0 Å². The van der Waals surface area contributed by atoms with Crippen molar-refractivity contribution in [2.45, 2.75) is 18.9 Å². The summed E-state index contributed by atoms with van der Waals surface area (Å²) in [5, 5.41) is 9.35. The highest BCUT2D eigenvalue weighted by molar-refractivity contribution is 6.35. The molecule has 0 spiro atoms. The molecule has 0 unspecified atom stereocenters. The molecule has 30 heavy (non-hydrogen) atoms. The van der Waals surface area contributed by atoms with Crippen molar-refractivity contribution in [3.63, 3.8) is 0 Å². The monoisotopic (exact) mass is 422 g/mol. The molecule has 1 saturated heterocycles. The van der Waals surface area contributed by atoms with Crippen LogP contribution in [-0.4, -0.2) is 32.8 Å². The number of hydrogen-bond acceptors (Lipinski definition) is 5. The minimum Gasteiger partial charge on any atom is -0.383 e. The predicted octanol–water partition coefficient (Wildman–Crippen LogP) is 4.46. The predicted molar refractivity (Wildman–Crippen MR) is 117 cm³/mol. The maximum absolute atomic E-state index is 14.1. The lowest BCUT2D eigenvalue weighted by Gasteiger charge is -2.22. The number of benzene rings is 1. The number of nitrogens with two attached hydrogens (primary N) is 1. The van der Waals surface area contributed by atoms with Crippen LogP contribution < -0.4 is 11.1 Å². The van der Waals surface area contributed by atoms with Crippen molar-refractivity contribution in [1.29, 1.82) is 0 Å². The Morgan fingerprint density at radius 1 is 1.03 bits per heavy atom. The van der Waals surface area contributed by atoms with Gasteiger partial charge in [-0.15, -0.1) is 0 Å². The summed E-state index contributed by atoms with van der Waals surface area (Å²) in [6, 6.07) is 6.96. The molecule has 152 valence electrons. The highest BCUT2D eigenvalue weighted by Gasteiger charge is 2.17. The first-order valence-electron chi connectivity index (χ1n) is 9.85. The molecule has 8 heteroatoms. The average Bonchev–Trinajstić information content (AvgIpc) is 3.27. The molecule has 4 heterocycles. The zero-order chi connectivity index (χ0) is 20.7. The third-order valence-electron chi connectivity index (χ3n) is 5.61. The van der Waals surface area contributed by atoms with Gasteiger partial charge >= 0.3 is 0 Å². The van der Waals surface area contributed by atoms with Gasteiger partial charge in [0.15, 0.2) is 0 Å². The summed E-state index contributed by atoms with van der Waals surface area (Å²) in [7, 11) is 0. The van der Waals surface area contributed by atoms with E-state index in [1.165, 1.54) is 18.3 Å². The van der Waals surface area contributed by atoms with Crippen molar-refractivity contribution in [3.05, 3.63) is 59.9 Å². The van der Waals surface area contributed by atoms with Crippen LogP contribution in [0.2, 0.25) is 5.02 Å². The molecule has 0 saturated carbocycles. The molecule has 1 aliphatic heterocycles. The van der Waals surface area contributed by atoms with E-state index in [-0.39, 0.29) is 5.82 Å². The summed E-state index contributed by atoms with van der Waals surface area (Å²) in [4.78, 5) is 8.76. The Kier molecular flexibility index (Phi) is 4.84. The summed E-state index contributed by atoms with van der Waals surface area (Å²) >= 11 is 6.28. The molecule has 0 amide bonds. The lowest BCUT2D eigenvalue weighted by atomic mass is 10.0. The molecule has 5 rings (SSSR count). The molecule has 1 aromatic carbocycles. The van der Waals surface area contributed by atoms with Gasteiger partial charge in [0, 0.05) is 51.1 Å². The van der Waals surface area contributed by atoms with Crippen LogP contribution in [0.3, 0.4) is 0 Å². The van der Waals surface area contributed by atoms with Gasteiger partial charge < -0.3 is 11.1 Å². The highest BCUT2D eigenvalue weighted by Crippen LogP contribution is 2.33. The van der Waals surface area contributed by atoms with E-state index in [4.69, 9.17) is 17.3 Å². The van der Waals surface area contributed by atoms with E-state index in [1.807, 2.05) is 23.1 Å². The number of piperidine rings is 1. The Hall–Kier alpha value is -3.03. The standard InChI is InChI=1S/C22H20ClFN6/c23-19-1-2-20(24)18-11-27-21(8-16(18)19)17-7-13(9-28-22(17)25)14-10-29-30(12-14)15-3-5-26-6-4-15/h1-2,7-12,15,26H,3-6H2,(H2,25,28). The van der Waals surface area contributed by atoms with E-state index in [1.54, 1.807) is 12.3 Å². The summed E-state index contributed by atoms with van der Waals surface area (Å²) in [6.45, 7) is 2.01. The molecule has 4 aromatic rings. The van der Waals surface area contributed by atoms with E-state index in [0.717, 1.165) is 37.1 Å². The second kappa shape index (κ2) is 7.66. The van der Waals surface area contributed by atoms with Gasteiger partial charge in [0.05, 0.1) is 17.9 Å². The Morgan fingerprint density at radius 2 is 1.87 bits per heavy atom. The van der Waals surface area contributed by atoms with Gasteiger partial charge in [-0.2, -0.15) is 5.10 Å². The minimum atomic E-state index is -0.362. The molecular weight excluding hydrogens is 403 g/mol. The van der Waals surface area contributed by atoms with E-state index >= 15 is 0 Å². The molecule has 6 nitrogen and oxygen atoms in total. The van der Waals surface area contributed by atoms with Gasteiger partial charge in [-0.25, -0.2) is 9.37 Å². The van der Waals surface area contributed by atoms with Gasteiger partial charge in [-0.3, -0.25) is 9.67 Å². The second-order valence-electron chi connectivity index (χ2n) is 7.49. The van der Waals surface area contributed by atoms with E-state index in [9.17, 15) is 4.39 Å². The Balaban J connectivity index is 1.54. The Bertz CT molecular complexity index is 1230. The zero-order valence-electron chi connectivity index (χ0n) is 16.1. The lowest BCUT2D eigenvalue weighted by Crippen LogP contribution is -2.29. The molecule has 1 fully saturated rings. The summed E-state index contributed by atoms with van der Waals surface area (Å²) in [6.07, 6.45) is 9.23. The lowest BCUT2D eigenvalue weighted by molar-refractivity contribution is 0.343. The van der Waals surface area contributed by atoms with Gasteiger partial charge in [0.1, 0.15) is 11.6 Å². The number of fused-ring (bicyclic) bond motifs is 1. The van der Waals surface area contributed by atoms with Crippen molar-refractivity contribution >= 4 is 28.2 Å². The van der Waals surface area contributed by atoms with Crippen LogP contribution in [0.4, 0.5) is 10.2 Å². The fraction of sp³-hybridized carbons (Fsp3) is 0.227. The van der Waals surface area contributed by atoms with Crippen LogP contribution in [0, 0.1) is 5.82 Å². The number of nitrogen functional groups attached to an aromatic ring is 1. The number of rotatable bonds is 3. The normalized spacial score (nSPS) is 15.0. The van der Waals surface area contributed by atoms with Gasteiger partial charge in [0.25, 0.3) is 0 Å². The topological polar surface area (TPSA) is 81.6 Å². The molecule has 0 radical (unpaired) electrons.